The zero-order chi connectivity index (χ0) is 19.1. The lowest BCUT2D eigenvalue weighted by atomic mass is 10.1. The third kappa shape index (κ3) is 3.20. The summed E-state index contributed by atoms with van der Waals surface area (Å²) in [6.07, 6.45) is 3.61. The molecule has 1 amide bonds. The van der Waals surface area contributed by atoms with E-state index in [2.05, 4.69) is 37.8 Å². The number of hydrogen-bond donors (Lipinski definition) is 0. The summed E-state index contributed by atoms with van der Waals surface area (Å²) in [5, 5.41) is 8.80. The van der Waals surface area contributed by atoms with Crippen molar-refractivity contribution in [3.8, 4) is 0 Å². The largest absolute Gasteiger partial charge is 0.340 e. The second-order valence-electron chi connectivity index (χ2n) is 7.39. The molecule has 1 fully saturated rings. The quantitative estimate of drug-likeness (QED) is 0.704. The Morgan fingerprint density at radius 1 is 1.26 bits per heavy atom. The van der Waals surface area contributed by atoms with Gasteiger partial charge in [-0.3, -0.25) is 9.48 Å². The summed E-state index contributed by atoms with van der Waals surface area (Å²) in [6.45, 7) is 9.58. The van der Waals surface area contributed by atoms with Crippen LogP contribution in [0.4, 0.5) is 0 Å². The molecule has 0 aliphatic carbocycles. The van der Waals surface area contributed by atoms with Crippen molar-refractivity contribution in [1.82, 2.24) is 34.3 Å². The maximum Gasteiger partial charge on any atom is 0.252 e. The molecule has 0 saturated carbocycles. The number of hydrogen-bond acceptors (Lipinski definition) is 5. The fourth-order valence-corrected chi connectivity index (χ4v) is 4.09. The van der Waals surface area contributed by atoms with Gasteiger partial charge >= 0.3 is 0 Å². The van der Waals surface area contributed by atoms with E-state index in [1.165, 1.54) is 6.33 Å². The molecule has 0 spiro atoms. The van der Waals surface area contributed by atoms with Gasteiger partial charge in [0.05, 0.1) is 11.7 Å². The summed E-state index contributed by atoms with van der Waals surface area (Å²) in [7, 11) is 0. The third-order valence-corrected chi connectivity index (χ3v) is 5.48. The second-order valence-corrected chi connectivity index (χ2v) is 7.39. The Morgan fingerprint density at radius 2 is 2.07 bits per heavy atom. The molecule has 27 heavy (non-hydrogen) atoms. The van der Waals surface area contributed by atoms with Crippen molar-refractivity contribution in [2.75, 3.05) is 13.1 Å². The number of carbonyl (C=O) groups is 1. The monoisotopic (exact) mass is 367 g/mol. The molecule has 0 unspecified atom stereocenters. The Balaban J connectivity index is 1.42. The summed E-state index contributed by atoms with van der Waals surface area (Å²) in [5.41, 5.74) is 5.19. The van der Waals surface area contributed by atoms with Gasteiger partial charge in [0.25, 0.3) is 5.78 Å². The minimum atomic E-state index is 0.191. The lowest BCUT2D eigenvalue weighted by Crippen LogP contribution is -2.29. The number of rotatable bonds is 4. The van der Waals surface area contributed by atoms with E-state index in [1.807, 2.05) is 25.7 Å². The second kappa shape index (κ2) is 6.75. The van der Waals surface area contributed by atoms with Gasteiger partial charge in [-0.1, -0.05) is 0 Å². The molecule has 0 aromatic carbocycles. The molecular formula is C19H25N7O. The molecule has 142 valence electrons. The van der Waals surface area contributed by atoms with Gasteiger partial charge in [-0.2, -0.15) is 15.2 Å². The molecular weight excluding hydrogens is 342 g/mol. The van der Waals surface area contributed by atoms with Gasteiger partial charge in [0.2, 0.25) is 5.91 Å². The first-order valence-electron chi connectivity index (χ1n) is 9.40. The van der Waals surface area contributed by atoms with Crippen LogP contribution in [0.15, 0.2) is 12.4 Å². The van der Waals surface area contributed by atoms with Crippen LogP contribution in [0, 0.1) is 27.7 Å². The molecule has 3 aromatic heterocycles. The standard InChI is InChI=1S/C19H25N7O/c1-12-9-13(2)25(23-12)16-7-8-24(10-16)18(27)6-5-17-14(3)22-19-20-11-21-26(19)15(17)4/h9,11,16H,5-8,10H2,1-4H3/t16-/m1/s1. The van der Waals surface area contributed by atoms with E-state index in [-0.39, 0.29) is 11.9 Å². The topological polar surface area (TPSA) is 81.2 Å². The van der Waals surface area contributed by atoms with Crippen molar-refractivity contribution in [3.05, 3.63) is 40.7 Å². The third-order valence-electron chi connectivity index (χ3n) is 5.48. The molecule has 8 nitrogen and oxygen atoms in total. The molecule has 0 N–H and O–H groups in total. The lowest BCUT2D eigenvalue weighted by Gasteiger charge is -2.18. The van der Waals surface area contributed by atoms with E-state index in [1.54, 1.807) is 4.52 Å². The van der Waals surface area contributed by atoms with Crippen LogP contribution in [0.25, 0.3) is 5.78 Å². The van der Waals surface area contributed by atoms with Crippen LogP contribution in [-0.2, 0) is 11.2 Å². The van der Waals surface area contributed by atoms with E-state index >= 15 is 0 Å². The Kier molecular flexibility index (Phi) is 4.41. The maximum absolute atomic E-state index is 12.8. The van der Waals surface area contributed by atoms with Crippen LogP contribution in [0.1, 0.15) is 47.2 Å². The van der Waals surface area contributed by atoms with Crippen LogP contribution < -0.4 is 0 Å². The van der Waals surface area contributed by atoms with Gasteiger partial charge in [0.15, 0.2) is 0 Å². The number of aromatic nitrogens is 6. The van der Waals surface area contributed by atoms with Crippen molar-refractivity contribution < 1.29 is 4.79 Å². The van der Waals surface area contributed by atoms with Crippen molar-refractivity contribution in [2.24, 2.45) is 0 Å². The lowest BCUT2D eigenvalue weighted by molar-refractivity contribution is -0.130. The van der Waals surface area contributed by atoms with E-state index in [4.69, 9.17) is 0 Å². The minimum absolute atomic E-state index is 0.191. The van der Waals surface area contributed by atoms with Crippen LogP contribution in [-0.4, -0.2) is 53.3 Å². The molecule has 4 heterocycles. The van der Waals surface area contributed by atoms with E-state index < -0.39 is 0 Å². The van der Waals surface area contributed by atoms with Gasteiger partial charge in [0.1, 0.15) is 6.33 Å². The first-order valence-corrected chi connectivity index (χ1v) is 9.40. The van der Waals surface area contributed by atoms with E-state index in [0.717, 1.165) is 47.8 Å². The molecule has 0 bridgehead atoms. The predicted molar refractivity (Wildman–Crippen MR) is 101 cm³/mol. The van der Waals surface area contributed by atoms with Crippen LogP contribution in [0.2, 0.25) is 0 Å². The Labute approximate surface area is 158 Å². The smallest absolute Gasteiger partial charge is 0.252 e. The molecule has 3 aromatic rings. The summed E-state index contributed by atoms with van der Waals surface area (Å²) in [5.74, 6) is 0.795. The Bertz CT molecular complexity index is 1000. The average Bonchev–Trinajstić information content (AvgIpc) is 3.34. The van der Waals surface area contributed by atoms with Crippen molar-refractivity contribution in [3.63, 3.8) is 0 Å². The summed E-state index contributed by atoms with van der Waals surface area (Å²) < 4.78 is 3.81. The fraction of sp³-hybridized carbons (Fsp3) is 0.526. The number of likely N-dealkylation sites (tertiary alicyclic amines) is 1. The van der Waals surface area contributed by atoms with Gasteiger partial charge in [0, 0.05) is 36.6 Å². The summed E-state index contributed by atoms with van der Waals surface area (Å²) in [4.78, 5) is 23.4. The van der Waals surface area contributed by atoms with Crippen molar-refractivity contribution in [2.45, 2.75) is 53.0 Å². The van der Waals surface area contributed by atoms with Gasteiger partial charge < -0.3 is 4.90 Å². The first kappa shape index (κ1) is 17.6. The molecule has 8 heteroatoms. The van der Waals surface area contributed by atoms with E-state index in [0.29, 0.717) is 18.6 Å². The number of aryl methyl sites for hydroxylation is 4. The van der Waals surface area contributed by atoms with Crippen molar-refractivity contribution in [1.29, 1.82) is 0 Å². The van der Waals surface area contributed by atoms with Crippen molar-refractivity contribution >= 4 is 11.7 Å². The van der Waals surface area contributed by atoms with Gasteiger partial charge in [-0.15, -0.1) is 0 Å². The zero-order valence-corrected chi connectivity index (χ0v) is 16.3. The summed E-state index contributed by atoms with van der Waals surface area (Å²) in [6, 6.07) is 2.36. The van der Waals surface area contributed by atoms with Crippen LogP contribution in [0.3, 0.4) is 0 Å². The van der Waals surface area contributed by atoms with Crippen LogP contribution in [0.5, 0.6) is 0 Å². The number of carbonyl (C=O) groups excluding carboxylic acids is 1. The van der Waals surface area contributed by atoms with E-state index in [9.17, 15) is 4.79 Å². The maximum atomic E-state index is 12.8. The highest BCUT2D eigenvalue weighted by molar-refractivity contribution is 5.76. The molecule has 1 saturated heterocycles. The Hall–Kier alpha value is -2.77. The van der Waals surface area contributed by atoms with Crippen LogP contribution >= 0.6 is 0 Å². The summed E-state index contributed by atoms with van der Waals surface area (Å²) >= 11 is 0. The predicted octanol–water partition coefficient (Wildman–Crippen LogP) is 1.96. The highest BCUT2D eigenvalue weighted by Gasteiger charge is 2.28. The zero-order valence-electron chi connectivity index (χ0n) is 16.3. The molecule has 1 aliphatic rings. The highest BCUT2D eigenvalue weighted by Crippen LogP contribution is 2.24. The average molecular weight is 367 g/mol. The first-order chi connectivity index (χ1) is 12.9. The molecule has 1 aliphatic heterocycles. The number of fused-ring (bicyclic) bond motifs is 1. The fourth-order valence-electron chi connectivity index (χ4n) is 4.09. The SMILES string of the molecule is Cc1cc(C)n([C@@H]2CCN(C(=O)CCc3c(C)nc4ncnn4c3C)C2)n1. The normalized spacial score (nSPS) is 17.2. The molecule has 0 radical (unpaired) electrons. The number of amides is 1. The Morgan fingerprint density at radius 3 is 2.81 bits per heavy atom. The highest BCUT2D eigenvalue weighted by atomic mass is 16.2. The molecule has 1 atom stereocenters. The van der Waals surface area contributed by atoms with Gasteiger partial charge in [-0.05, 0) is 52.2 Å². The van der Waals surface area contributed by atoms with Gasteiger partial charge in [-0.25, -0.2) is 9.50 Å². The minimum Gasteiger partial charge on any atom is -0.340 e. The number of nitrogens with zero attached hydrogens (tertiary/aromatic N) is 7. The molecule has 4 rings (SSSR count).